The molecule has 104 valence electrons. The first kappa shape index (κ1) is 13.1. The lowest BCUT2D eigenvalue weighted by Gasteiger charge is -2.09. The molecule has 2 N–H and O–H groups in total. The van der Waals surface area contributed by atoms with Gasteiger partial charge in [-0.2, -0.15) is 0 Å². The summed E-state index contributed by atoms with van der Waals surface area (Å²) in [7, 11) is 1.58. The summed E-state index contributed by atoms with van der Waals surface area (Å²) in [4.78, 5) is 17.9. The summed E-state index contributed by atoms with van der Waals surface area (Å²) in [6, 6.07) is 7.08. The Morgan fingerprint density at radius 1 is 1.50 bits per heavy atom. The number of anilines is 1. The Kier molecular flexibility index (Phi) is 3.66. The van der Waals surface area contributed by atoms with Crippen molar-refractivity contribution in [3.8, 4) is 5.75 Å². The van der Waals surface area contributed by atoms with Crippen LogP contribution in [0.15, 0.2) is 24.3 Å². The van der Waals surface area contributed by atoms with Gasteiger partial charge in [-0.25, -0.2) is 4.98 Å². The molecule has 0 saturated heterocycles. The number of hydrogen-bond donors (Lipinski definition) is 2. The zero-order chi connectivity index (χ0) is 13.9. The van der Waals surface area contributed by atoms with E-state index in [-0.39, 0.29) is 5.91 Å². The first-order valence-corrected chi connectivity index (χ1v) is 7.22. The highest BCUT2D eigenvalue weighted by molar-refractivity contribution is 7.15. The van der Waals surface area contributed by atoms with E-state index in [4.69, 9.17) is 4.74 Å². The third-order valence-corrected chi connectivity index (χ3v) is 4.17. The van der Waals surface area contributed by atoms with Crippen LogP contribution in [0.4, 0.5) is 5.13 Å². The van der Waals surface area contributed by atoms with Gasteiger partial charge in [0.2, 0.25) is 0 Å². The predicted molar refractivity (Wildman–Crippen MR) is 78.5 cm³/mol. The molecule has 1 aromatic heterocycles. The highest BCUT2D eigenvalue weighted by Crippen LogP contribution is 2.26. The maximum atomic E-state index is 12.2. The average molecular weight is 289 g/mol. The molecule has 6 heteroatoms. The van der Waals surface area contributed by atoms with Crippen LogP contribution in [0.5, 0.6) is 5.75 Å². The number of carbonyl (C=O) groups is 1. The normalized spacial score (nSPS) is 13.7. The molecule has 1 amide bonds. The summed E-state index contributed by atoms with van der Waals surface area (Å²) in [6.45, 7) is 1.78. The summed E-state index contributed by atoms with van der Waals surface area (Å²) < 4.78 is 5.12. The van der Waals surface area contributed by atoms with Gasteiger partial charge in [0.05, 0.1) is 12.8 Å². The van der Waals surface area contributed by atoms with Crippen LogP contribution in [0.25, 0.3) is 0 Å². The van der Waals surface area contributed by atoms with Crippen LogP contribution in [-0.4, -0.2) is 24.5 Å². The number of nitrogens with one attached hydrogen (secondary N) is 2. The van der Waals surface area contributed by atoms with Gasteiger partial charge in [0.1, 0.15) is 5.75 Å². The molecule has 5 nitrogen and oxygen atoms in total. The molecular formula is C14H15N3O2S. The largest absolute Gasteiger partial charge is 0.497 e. The maximum Gasteiger partial charge on any atom is 0.257 e. The Balaban J connectivity index is 1.76. The van der Waals surface area contributed by atoms with Gasteiger partial charge in [0.15, 0.2) is 5.13 Å². The monoisotopic (exact) mass is 289 g/mol. The van der Waals surface area contributed by atoms with Gasteiger partial charge in [-0.15, -0.1) is 11.3 Å². The van der Waals surface area contributed by atoms with Gasteiger partial charge in [-0.3, -0.25) is 10.1 Å². The van der Waals surface area contributed by atoms with Crippen molar-refractivity contribution in [1.29, 1.82) is 0 Å². The van der Waals surface area contributed by atoms with E-state index in [1.54, 1.807) is 25.3 Å². The Hall–Kier alpha value is -1.92. The molecule has 20 heavy (non-hydrogen) atoms. The third kappa shape index (κ3) is 2.66. The Morgan fingerprint density at radius 3 is 3.20 bits per heavy atom. The molecule has 0 bridgehead atoms. The molecule has 2 aromatic rings. The van der Waals surface area contributed by atoms with Crippen molar-refractivity contribution in [2.75, 3.05) is 19.0 Å². The van der Waals surface area contributed by atoms with Gasteiger partial charge >= 0.3 is 0 Å². The van der Waals surface area contributed by atoms with Crippen LogP contribution < -0.4 is 15.4 Å². The van der Waals surface area contributed by atoms with Crippen LogP contribution in [0.1, 0.15) is 20.9 Å². The smallest absolute Gasteiger partial charge is 0.257 e. The van der Waals surface area contributed by atoms with Crippen LogP contribution in [0.3, 0.4) is 0 Å². The number of thiazole rings is 1. The van der Waals surface area contributed by atoms with Crippen molar-refractivity contribution < 1.29 is 9.53 Å². The molecule has 3 rings (SSSR count). The van der Waals surface area contributed by atoms with E-state index in [1.807, 2.05) is 6.07 Å². The molecule has 0 fully saturated rings. The van der Waals surface area contributed by atoms with Gasteiger partial charge in [0, 0.05) is 30.0 Å². The number of benzene rings is 1. The molecular weight excluding hydrogens is 274 g/mol. The summed E-state index contributed by atoms with van der Waals surface area (Å²) in [5.41, 5.74) is 1.66. The number of fused-ring (bicyclic) bond motifs is 1. The molecule has 1 aliphatic rings. The molecule has 1 aromatic carbocycles. The fraction of sp³-hybridized carbons (Fsp3) is 0.286. The number of aromatic nitrogens is 1. The Bertz CT molecular complexity index is 616. The molecule has 0 atom stereocenters. The second-order valence-electron chi connectivity index (χ2n) is 4.50. The topological polar surface area (TPSA) is 63.2 Å². The van der Waals surface area contributed by atoms with Gasteiger partial charge in [-0.05, 0) is 18.2 Å². The van der Waals surface area contributed by atoms with Gasteiger partial charge in [0.25, 0.3) is 5.91 Å². The Labute approximate surface area is 121 Å². The third-order valence-electron chi connectivity index (χ3n) is 3.15. The minimum Gasteiger partial charge on any atom is -0.497 e. The van der Waals surface area contributed by atoms with Crippen LogP contribution in [0.2, 0.25) is 0 Å². The molecule has 0 spiro atoms. The van der Waals surface area contributed by atoms with E-state index >= 15 is 0 Å². The molecule has 0 saturated carbocycles. The second-order valence-corrected chi connectivity index (χ2v) is 5.59. The fourth-order valence-electron chi connectivity index (χ4n) is 2.11. The predicted octanol–water partition coefficient (Wildman–Crippen LogP) is 2.05. The first-order valence-electron chi connectivity index (χ1n) is 6.41. The van der Waals surface area contributed by atoms with Crippen LogP contribution >= 0.6 is 11.3 Å². The zero-order valence-electron chi connectivity index (χ0n) is 11.1. The summed E-state index contributed by atoms with van der Waals surface area (Å²) in [5.74, 6) is 0.503. The summed E-state index contributed by atoms with van der Waals surface area (Å²) in [6.07, 6.45) is 0.918. The Morgan fingerprint density at radius 2 is 2.40 bits per heavy atom. The fourth-order valence-corrected chi connectivity index (χ4v) is 3.09. The van der Waals surface area contributed by atoms with Crippen molar-refractivity contribution in [3.05, 3.63) is 40.4 Å². The summed E-state index contributed by atoms with van der Waals surface area (Å²) in [5, 5.41) is 6.81. The van der Waals surface area contributed by atoms with E-state index in [2.05, 4.69) is 15.6 Å². The van der Waals surface area contributed by atoms with Gasteiger partial charge in [-0.1, -0.05) is 6.07 Å². The molecule has 0 radical (unpaired) electrons. The minimum absolute atomic E-state index is 0.164. The standard InChI is InChI=1S/C14H15N3O2S/c1-19-10-4-2-3-9(7-10)13(18)17-14-16-11-5-6-15-8-12(11)20-14/h2-4,7,15H,5-6,8H2,1H3,(H,16,17,18). The SMILES string of the molecule is COc1cccc(C(=O)Nc2nc3c(s2)CNCC3)c1. The lowest BCUT2D eigenvalue weighted by molar-refractivity contribution is 0.102. The quantitative estimate of drug-likeness (QED) is 0.908. The van der Waals surface area contributed by atoms with E-state index in [9.17, 15) is 4.79 Å². The maximum absolute atomic E-state index is 12.2. The number of hydrogen-bond acceptors (Lipinski definition) is 5. The van der Waals surface area contributed by atoms with E-state index in [0.717, 1.165) is 25.2 Å². The van der Waals surface area contributed by atoms with Crippen LogP contribution in [-0.2, 0) is 13.0 Å². The summed E-state index contributed by atoms with van der Waals surface area (Å²) >= 11 is 1.53. The number of carbonyl (C=O) groups excluding carboxylic acids is 1. The van der Waals surface area contributed by atoms with Gasteiger partial charge < -0.3 is 10.1 Å². The van der Waals surface area contributed by atoms with Crippen molar-refractivity contribution in [2.45, 2.75) is 13.0 Å². The second kappa shape index (κ2) is 5.60. The first-order chi connectivity index (χ1) is 9.76. The van der Waals surface area contributed by atoms with Crippen LogP contribution in [0, 0.1) is 0 Å². The number of nitrogens with zero attached hydrogens (tertiary/aromatic N) is 1. The van der Waals surface area contributed by atoms with Crippen molar-refractivity contribution in [1.82, 2.24) is 10.3 Å². The molecule has 1 aliphatic heterocycles. The van der Waals surface area contributed by atoms with E-state index in [0.29, 0.717) is 16.4 Å². The molecule has 0 unspecified atom stereocenters. The molecule has 0 aliphatic carbocycles. The molecule has 2 heterocycles. The van der Waals surface area contributed by atoms with Crippen molar-refractivity contribution in [2.24, 2.45) is 0 Å². The number of methoxy groups -OCH3 is 1. The highest BCUT2D eigenvalue weighted by atomic mass is 32.1. The minimum atomic E-state index is -0.164. The van der Waals surface area contributed by atoms with E-state index in [1.165, 1.54) is 16.2 Å². The lowest BCUT2D eigenvalue weighted by Crippen LogP contribution is -2.22. The number of ether oxygens (including phenoxy) is 1. The van der Waals surface area contributed by atoms with Crippen molar-refractivity contribution >= 4 is 22.4 Å². The number of rotatable bonds is 3. The highest BCUT2D eigenvalue weighted by Gasteiger charge is 2.16. The lowest BCUT2D eigenvalue weighted by atomic mass is 10.2. The number of amides is 1. The zero-order valence-corrected chi connectivity index (χ0v) is 11.9. The van der Waals surface area contributed by atoms with E-state index < -0.39 is 0 Å². The average Bonchev–Trinajstić information content (AvgIpc) is 2.89. The van der Waals surface area contributed by atoms with Crippen molar-refractivity contribution in [3.63, 3.8) is 0 Å².